The van der Waals surface area contributed by atoms with Crippen molar-refractivity contribution in [3.63, 3.8) is 0 Å². The van der Waals surface area contributed by atoms with Gasteiger partial charge in [0.2, 0.25) is 5.91 Å². The van der Waals surface area contributed by atoms with Crippen LogP contribution in [-0.4, -0.2) is 48.7 Å². The molecule has 1 heterocycles. The van der Waals surface area contributed by atoms with Gasteiger partial charge in [0.05, 0.1) is 0 Å². The number of anilines is 1. The zero-order valence-electron chi connectivity index (χ0n) is 17.3. The van der Waals surface area contributed by atoms with Crippen molar-refractivity contribution in [2.45, 2.75) is 51.9 Å². The number of amides is 3. The molecule has 0 bridgehead atoms. The van der Waals surface area contributed by atoms with Gasteiger partial charge in [-0.25, -0.2) is 4.79 Å². The molecular formula is C19H23F6N3O4. The second-order valence-electron chi connectivity index (χ2n) is 7.26. The molecule has 0 saturated carbocycles. The van der Waals surface area contributed by atoms with Gasteiger partial charge in [-0.15, -0.1) is 26.3 Å². The van der Waals surface area contributed by atoms with Gasteiger partial charge >= 0.3 is 18.8 Å². The second kappa shape index (κ2) is 10.2. The van der Waals surface area contributed by atoms with Crippen LogP contribution in [0.2, 0.25) is 0 Å². The minimum atomic E-state index is -5.27. The summed E-state index contributed by atoms with van der Waals surface area (Å²) < 4.78 is 81.9. The number of carbonyl (C=O) groups excluding carboxylic acids is 2. The van der Waals surface area contributed by atoms with Crippen LogP contribution in [0.4, 0.5) is 36.8 Å². The summed E-state index contributed by atoms with van der Waals surface area (Å²) >= 11 is 0. The zero-order chi connectivity index (χ0) is 24.1. The van der Waals surface area contributed by atoms with Gasteiger partial charge in [-0.3, -0.25) is 4.79 Å². The predicted octanol–water partition coefficient (Wildman–Crippen LogP) is 4.64. The topological polar surface area (TPSA) is 79.9 Å². The molecule has 32 heavy (non-hydrogen) atoms. The molecule has 2 N–H and O–H groups in total. The minimum absolute atomic E-state index is 0.0359. The quantitative estimate of drug-likeness (QED) is 0.593. The number of carbonyl (C=O) groups is 2. The van der Waals surface area contributed by atoms with Gasteiger partial charge in [0.1, 0.15) is 0 Å². The summed E-state index contributed by atoms with van der Waals surface area (Å²) in [5, 5.41) is 4.88. The molecule has 1 aromatic rings. The van der Waals surface area contributed by atoms with E-state index < -0.39 is 30.3 Å². The molecule has 3 amide bonds. The maximum Gasteiger partial charge on any atom is 0.573 e. The van der Waals surface area contributed by atoms with E-state index >= 15 is 0 Å². The summed E-state index contributed by atoms with van der Waals surface area (Å²) in [5.41, 5.74) is -0.236. The van der Waals surface area contributed by atoms with Gasteiger partial charge in [0, 0.05) is 36.8 Å². The van der Waals surface area contributed by atoms with E-state index in [1.165, 1.54) is 0 Å². The molecule has 0 aromatic heterocycles. The van der Waals surface area contributed by atoms with Crippen molar-refractivity contribution >= 4 is 17.6 Å². The molecule has 0 spiro atoms. The van der Waals surface area contributed by atoms with E-state index in [1.54, 1.807) is 4.90 Å². The van der Waals surface area contributed by atoms with Crippen LogP contribution in [0.25, 0.3) is 0 Å². The molecule has 1 fully saturated rings. The summed E-state index contributed by atoms with van der Waals surface area (Å²) in [5.74, 6) is -2.53. The summed E-state index contributed by atoms with van der Waals surface area (Å²) in [6, 6.07) is 1.07. The molecule has 1 saturated heterocycles. The molecule has 1 unspecified atom stereocenters. The normalized spacial score (nSPS) is 16.3. The second-order valence-corrected chi connectivity index (χ2v) is 7.26. The number of likely N-dealkylation sites (tertiary alicyclic amines) is 1. The number of piperidine rings is 1. The van der Waals surface area contributed by atoms with Gasteiger partial charge < -0.3 is 25.0 Å². The van der Waals surface area contributed by atoms with Crippen molar-refractivity contribution in [2.75, 3.05) is 18.4 Å². The molecule has 1 aromatic carbocycles. The monoisotopic (exact) mass is 471 g/mol. The fraction of sp³-hybridized carbons (Fsp3) is 0.579. The molecule has 0 aliphatic carbocycles. The smallest absolute Gasteiger partial charge is 0.402 e. The number of benzene rings is 1. The Balaban J connectivity index is 1.98. The van der Waals surface area contributed by atoms with Gasteiger partial charge in [0.15, 0.2) is 11.5 Å². The van der Waals surface area contributed by atoms with Crippen molar-refractivity contribution in [3.8, 4) is 11.5 Å². The van der Waals surface area contributed by atoms with E-state index in [2.05, 4.69) is 20.1 Å². The van der Waals surface area contributed by atoms with Gasteiger partial charge in [-0.2, -0.15) is 0 Å². The minimum Gasteiger partial charge on any atom is -0.402 e. The van der Waals surface area contributed by atoms with Crippen LogP contribution in [0.15, 0.2) is 18.2 Å². The lowest BCUT2D eigenvalue weighted by Gasteiger charge is -2.33. The number of hydrogen-bond donors (Lipinski definition) is 2. The number of nitrogens with one attached hydrogen (secondary N) is 2. The molecule has 7 nitrogen and oxygen atoms in total. The summed E-state index contributed by atoms with van der Waals surface area (Å²) in [4.78, 5) is 26.1. The lowest BCUT2D eigenvalue weighted by atomic mass is 10.0. The lowest BCUT2D eigenvalue weighted by Crippen LogP contribution is -2.48. The van der Waals surface area contributed by atoms with Crippen molar-refractivity contribution in [2.24, 2.45) is 5.92 Å². The summed E-state index contributed by atoms with van der Waals surface area (Å²) in [7, 11) is 0. The van der Waals surface area contributed by atoms with Crippen LogP contribution >= 0.6 is 0 Å². The Hall–Kier alpha value is -2.86. The summed E-state index contributed by atoms with van der Waals surface area (Å²) in [6.07, 6.45) is -8.83. The van der Waals surface area contributed by atoms with Crippen molar-refractivity contribution in [3.05, 3.63) is 18.2 Å². The van der Waals surface area contributed by atoms with E-state index in [4.69, 9.17) is 0 Å². The molecule has 2 rings (SSSR count). The lowest BCUT2D eigenvalue weighted by molar-refractivity contribution is -0.287. The van der Waals surface area contributed by atoms with Gasteiger partial charge in [-0.1, -0.05) is 13.8 Å². The largest absolute Gasteiger partial charge is 0.573 e. The number of ether oxygens (including phenoxy) is 2. The molecule has 180 valence electrons. The molecular weight excluding hydrogens is 448 g/mol. The maximum atomic E-state index is 12.5. The Morgan fingerprint density at radius 3 is 2.16 bits per heavy atom. The fourth-order valence-corrected chi connectivity index (χ4v) is 3.08. The highest BCUT2D eigenvalue weighted by Crippen LogP contribution is 2.37. The third kappa shape index (κ3) is 8.00. The zero-order valence-corrected chi connectivity index (χ0v) is 17.3. The van der Waals surface area contributed by atoms with Crippen molar-refractivity contribution in [1.82, 2.24) is 10.2 Å². The van der Waals surface area contributed by atoms with Crippen LogP contribution < -0.4 is 20.1 Å². The van der Waals surface area contributed by atoms with E-state index in [1.807, 2.05) is 13.8 Å². The number of nitrogens with zero attached hydrogens (tertiary/aromatic N) is 1. The molecule has 13 heteroatoms. The Kier molecular flexibility index (Phi) is 8.07. The number of urea groups is 1. The number of rotatable bonds is 6. The molecule has 1 aliphatic heterocycles. The number of hydrogen-bond acceptors (Lipinski definition) is 4. The Morgan fingerprint density at radius 2 is 1.62 bits per heavy atom. The number of alkyl halides is 6. The first-order valence-electron chi connectivity index (χ1n) is 9.79. The first kappa shape index (κ1) is 25.4. The average Bonchev–Trinajstić information content (AvgIpc) is 2.67. The van der Waals surface area contributed by atoms with Crippen LogP contribution in [0, 0.1) is 5.92 Å². The highest BCUT2D eigenvalue weighted by atomic mass is 19.4. The van der Waals surface area contributed by atoms with E-state index in [9.17, 15) is 35.9 Å². The standard InChI is InChI=1S/C19H23F6N3O4/c1-3-11(2)16(29)28-8-6-12(7-9-28)26-17(30)27-13-4-5-14(31-18(20,21)22)15(10-13)32-19(23,24)25/h4-5,10-12H,3,6-9H2,1-2H3,(H2,26,27,30). The van der Waals surface area contributed by atoms with Gasteiger partial charge in [-0.05, 0) is 31.4 Å². The maximum absolute atomic E-state index is 12.5. The third-order valence-electron chi connectivity index (χ3n) is 4.83. The average molecular weight is 471 g/mol. The molecule has 1 aliphatic rings. The molecule has 1 atom stereocenters. The first-order chi connectivity index (χ1) is 14.8. The third-order valence-corrected chi connectivity index (χ3v) is 4.83. The summed E-state index contributed by atoms with van der Waals surface area (Å²) in [6.45, 7) is 4.64. The van der Waals surface area contributed by atoms with Crippen LogP contribution in [0.1, 0.15) is 33.1 Å². The SMILES string of the molecule is CCC(C)C(=O)N1CCC(NC(=O)Nc2ccc(OC(F)(F)F)c(OC(F)(F)F)c2)CC1. The van der Waals surface area contributed by atoms with Crippen LogP contribution in [0.5, 0.6) is 11.5 Å². The van der Waals surface area contributed by atoms with Crippen molar-refractivity contribution < 1.29 is 45.4 Å². The van der Waals surface area contributed by atoms with E-state index in [-0.39, 0.29) is 23.6 Å². The first-order valence-corrected chi connectivity index (χ1v) is 9.79. The number of halogens is 6. The highest BCUT2D eigenvalue weighted by molar-refractivity contribution is 5.90. The van der Waals surface area contributed by atoms with E-state index in [0.717, 1.165) is 6.07 Å². The Morgan fingerprint density at radius 1 is 1.06 bits per heavy atom. The Labute approximate surface area is 180 Å². The van der Waals surface area contributed by atoms with Crippen LogP contribution in [0.3, 0.4) is 0 Å². The highest BCUT2D eigenvalue weighted by Gasteiger charge is 2.36. The Bertz CT molecular complexity index is 807. The fourth-order valence-electron chi connectivity index (χ4n) is 3.08. The predicted molar refractivity (Wildman–Crippen MR) is 101 cm³/mol. The molecule has 0 radical (unpaired) electrons. The van der Waals surface area contributed by atoms with E-state index in [0.29, 0.717) is 44.5 Å². The van der Waals surface area contributed by atoms with Crippen LogP contribution in [-0.2, 0) is 4.79 Å². The van der Waals surface area contributed by atoms with Crippen molar-refractivity contribution in [1.29, 1.82) is 0 Å². The van der Waals surface area contributed by atoms with Gasteiger partial charge in [0.25, 0.3) is 0 Å².